The second-order valence-corrected chi connectivity index (χ2v) is 7.58. The first-order valence-corrected chi connectivity index (χ1v) is 10.8. The van der Waals surface area contributed by atoms with Crippen LogP contribution in [0.3, 0.4) is 0 Å². The highest BCUT2D eigenvalue weighted by molar-refractivity contribution is 7.08. The highest BCUT2D eigenvalue weighted by Gasteiger charge is 2.14. The summed E-state index contributed by atoms with van der Waals surface area (Å²) in [5, 5.41) is 10.3. The molecule has 0 unspecified atom stereocenters. The van der Waals surface area contributed by atoms with E-state index in [1.165, 1.54) is 11.3 Å². The topological polar surface area (TPSA) is 80.3 Å². The Labute approximate surface area is 183 Å². The lowest BCUT2D eigenvalue weighted by atomic mass is 10.1. The van der Waals surface area contributed by atoms with Gasteiger partial charge in [0.2, 0.25) is 0 Å². The van der Waals surface area contributed by atoms with Gasteiger partial charge < -0.3 is 15.4 Å². The third-order valence-electron chi connectivity index (χ3n) is 4.66. The number of fused-ring (bicyclic) bond motifs is 1. The fourth-order valence-electron chi connectivity index (χ4n) is 3.12. The molecule has 0 aliphatic heterocycles. The molecule has 2 heterocycles. The number of nitrogens with one attached hydrogen (secondary N) is 2. The van der Waals surface area contributed by atoms with Crippen LogP contribution in [0.2, 0.25) is 0 Å². The molecule has 0 radical (unpaired) electrons. The smallest absolute Gasteiger partial charge is 0.256 e. The Morgan fingerprint density at radius 2 is 1.84 bits per heavy atom. The van der Waals surface area contributed by atoms with Crippen LogP contribution in [-0.2, 0) is 0 Å². The molecular formula is C24H21N3O3S. The Morgan fingerprint density at radius 1 is 0.968 bits per heavy atom. The largest absolute Gasteiger partial charge is 0.491 e. The van der Waals surface area contributed by atoms with Crippen molar-refractivity contribution in [2.24, 2.45) is 0 Å². The van der Waals surface area contributed by atoms with Gasteiger partial charge in [-0.05, 0) is 42.1 Å². The summed E-state index contributed by atoms with van der Waals surface area (Å²) in [4.78, 5) is 29.3. The maximum atomic E-state index is 12.6. The fourth-order valence-corrected chi connectivity index (χ4v) is 3.76. The van der Waals surface area contributed by atoms with Gasteiger partial charge in [0.15, 0.2) is 0 Å². The van der Waals surface area contributed by atoms with Crippen LogP contribution in [0.4, 0.5) is 5.69 Å². The van der Waals surface area contributed by atoms with E-state index in [-0.39, 0.29) is 11.8 Å². The number of carbonyl (C=O) groups excluding carboxylic acids is 2. The molecule has 0 aliphatic carbocycles. The molecule has 0 bridgehead atoms. The van der Waals surface area contributed by atoms with Crippen LogP contribution in [0.15, 0.2) is 77.6 Å². The number of aromatic nitrogens is 1. The van der Waals surface area contributed by atoms with Gasteiger partial charge in [-0.1, -0.05) is 30.3 Å². The van der Waals surface area contributed by atoms with Crippen LogP contribution < -0.4 is 15.4 Å². The zero-order valence-electron chi connectivity index (χ0n) is 16.7. The number of hydrogen-bond donors (Lipinski definition) is 2. The van der Waals surface area contributed by atoms with Gasteiger partial charge >= 0.3 is 0 Å². The van der Waals surface area contributed by atoms with Crippen molar-refractivity contribution in [3.8, 4) is 5.75 Å². The maximum absolute atomic E-state index is 12.6. The van der Waals surface area contributed by atoms with Gasteiger partial charge in [0.05, 0.1) is 23.4 Å². The van der Waals surface area contributed by atoms with E-state index in [0.717, 1.165) is 16.7 Å². The van der Waals surface area contributed by atoms with Gasteiger partial charge in [-0.2, -0.15) is 11.3 Å². The lowest BCUT2D eigenvalue weighted by Crippen LogP contribution is -2.27. The molecule has 2 N–H and O–H groups in total. The van der Waals surface area contributed by atoms with Crippen LogP contribution in [0, 0.1) is 0 Å². The molecule has 0 saturated carbocycles. The molecule has 0 atom stereocenters. The number of para-hydroxylation sites is 2. The Balaban J connectivity index is 1.30. The molecule has 4 rings (SSSR count). The van der Waals surface area contributed by atoms with E-state index in [9.17, 15) is 9.59 Å². The van der Waals surface area contributed by atoms with Crippen molar-refractivity contribution in [1.82, 2.24) is 10.3 Å². The minimum absolute atomic E-state index is 0.237. The lowest BCUT2D eigenvalue weighted by Gasteiger charge is -2.12. The zero-order chi connectivity index (χ0) is 21.5. The summed E-state index contributed by atoms with van der Waals surface area (Å²) < 4.78 is 5.85. The van der Waals surface area contributed by atoms with E-state index in [0.29, 0.717) is 36.4 Å². The number of thiophene rings is 1. The number of hydrogen-bond acceptors (Lipinski definition) is 5. The van der Waals surface area contributed by atoms with Crippen molar-refractivity contribution < 1.29 is 14.3 Å². The second kappa shape index (κ2) is 9.86. The Kier molecular flexibility index (Phi) is 6.54. The molecule has 6 nitrogen and oxygen atoms in total. The van der Waals surface area contributed by atoms with E-state index in [4.69, 9.17) is 4.74 Å². The predicted octanol–water partition coefficient (Wildman–Crippen LogP) is 4.75. The summed E-state index contributed by atoms with van der Waals surface area (Å²) in [7, 11) is 0. The quantitative estimate of drug-likeness (QED) is 0.395. The summed E-state index contributed by atoms with van der Waals surface area (Å²) in [6, 6.07) is 18.4. The van der Waals surface area contributed by atoms with Crippen LogP contribution >= 0.6 is 11.3 Å². The Hall–Kier alpha value is -3.71. The molecule has 2 amide bonds. The molecule has 4 aromatic rings. The van der Waals surface area contributed by atoms with Gasteiger partial charge in [0.1, 0.15) is 11.3 Å². The summed E-state index contributed by atoms with van der Waals surface area (Å²) in [5.74, 6) is 0.248. The summed E-state index contributed by atoms with van der Waals surface area (Å²) in [5.41, 5.74) is 2.30. The number of ether oxygens (including phenoxy) is 1. The third kappa shape index (κ3) is 5.07. The lowest BCUT2D eigenvalue weighted by molar-refractivity contribution is 0.0952. The van der Waals surface area contributed by atoms with E-state index in [1.807, 2.05) is 35.7 Å². The molecule has 156 valence electrons. The van der Waals surface area contributed by atoms with Gasteiger partial charge in [0, 0.05) is 23.5 Å². The van der Waals surface area contributed by atoms with Gasteiger partial charge in [-0.25, -0.2) is 0 Å². The molecule has 0 spiro atoms. The van der Waals surface area contributed by atoms with Crippen molar-refractivity contribution in [3.05, 3.63) is 88.7 Å². The molecular weight excluding hydrogens is 410 g/mol. The maximum Gasteiger partial charge on any atom is 0.256 e. The Bertz CT molecular complexity index is 1190. The van der Waals surface area contributed by atoms with E-state index < -0.39 is 0 Å². The highest BCUT2D eigenvalue weighted by Crippen LogP contribution is 2.23. The predicted molar refractivity (Wildman–Crippen MR) is 123 cm³/mol. The van der Waals surface area contributed by atoms with Crippen LogP contribution in [0.25, 0.3) is 10.9 Å². The second-order valence-electron chi connectivity index (χ2n) is 6.80. The highest BCUT2D eigenvalue weighted by atomic mass is 32.1. The number of anilines is 1. The number of benzene rings is 2. The first kappa shape index (κ1) is 20.6. The van der Waals surface area contributed by atoms with Crippen LogP contribution in [-0.4, -0.2) is 29.9 Å². The van der Waals surface area contributed by atoms with E-state index in [1.54, 1.807) is 41.9 Å². The molecule has 2 aromatic carbocycles. The number of rotatable bonds is 8. The third-order valence-corrected chi connectivity index (χ3v) is 5.35. The van der Waals surface area contributed by atoms with Crippen molar-refractivity contribution in [2.75, 3.05) is 18.5 Å². The minimum atomic E-state index is -0.243. The van der Waals surface area contributed by atoms with Crippen molar-refractivity contribution >= 4 is 39.7 Å². The van der Waals surface area contributed by atoms with Gasteiger partial charge in [-0.3, -0.25) is 14.6 Å². The van der Waals surface area contributed by atoms with Crippen molar-refractivity contribution in [3.63, 3.8) is 0 Å². The SMILES string of the molecule is O=C(Nc1ccccc1C(=O)NCCCOc1cccc2cccnc12)c1ccsc1. The first-order chi connectivity index (χ1) is 15.2. The van der Waals surface area contributed by atoms with Gasteiger partial charge in [-0.15, -0.1) is 0 Å². The van der Waals surface area contributed by atoms with Crippen LogP contribution in [0.1, 0.15) is 27.1 Å². The molecule has 31 heavy (non-hydrogen) atoms. The van der Waals surface area contributed by atoms with Crippen molar-refractivity contribution in [1.29, 1.82) is 0 Å². The van der Waals surface area contributed by atoms with Gasteiger partial charge in [0.25, 0.3) is 11.8 Å². The van der Waals surface area contributed by atoms with E-state index in [2.05, 4.69) is 15.6 Å². The normalized spacial score (nSPS) is 10.6. The molecule has 0 fully saturated rings. The molecule has 0 saturated heterocycles. The van der Waals surface area contributed by atoms with Crippen LogP contribution in [0.5, 0.6) is 5.75 Å². The fraction of sp³-hybridized carbons (Fsp3) is 0.125. The molecule has 0 aliphatic rings. The molecule has 2 aromatic heterocycles. The number of pyridine rings is 1. The first-order valence-electron chi connectivity index (χ1n) is 9.90. The number of carbonyl (C=O) groups is 2. The molecule has 7 heteroatoms. The summed E-state index contributed by atoms with van der Waals surface area (Å²) in [6.45, 7) is 0.899. The standard InChI is InChI=1S/C24H21N3O3S/c28-23(18-11-15-31-16-18)27-20-9-2-1-8-19(20)24(29)26-13-5-14-30-21-10-3-6-17-7-4-12-25-22(17)21/h1-4,6-12,15-16H,5,13-14H2,(H,26,29)(H,27,28). The van der Waals surface area contributed by atoms with Crippen molar-refractivity contribution in [2.45, 2.75) is 6.42 Å². The summed E-state index contributed by atoms with van der Waals surface area (Å²) in [6.07, 6.45) is 2.38. The monoisotopic (exact) mass is 431 g/mol. The average molecular weight is 432 g/mol. The minimum Gasteiger partial charge on any atom is -0.491 e. The number of nitrogens with zero attached hydrogens (tertiary/aromatic N) is 1. The average Bonchev–Trinajstić information content (AvgIpc) is 3.34. The zero-order valence-corrected chi connectivity index (χ0v) is 17.5. The summed E-state index contributed by atoms with van der Waals surface area (Å²) >= 11 is 1.45. The Morgan fingerprint density at radius 3 is 2.71 bits per heavy atom. The number of amides is 2. The van der Waals surface area contributed by atoms with E-state index >= 15 is 0 Å².